The zero-order chi connectivity index (χ0) is 18.4. The molecular formula is C17H15N3O4S. The predicted octanol–water partition coefficient (Wildman–Crippen LogP) is 2.70. The molecule has 25 heavy (non-hydrogen) atoms. The number of hydrogen-bond acceptors (Lipinski definition) is 5. The fourth-order valence-corrected chi connectivity index (χ4v) is 2.43. The third-order valence-electron chi connectivity index (χ3n) is 3.18. The van der Waals surface area contributed by atoms with Gasteiger partial charge in [-0.2, -0.15) is 13.7 Å². The van der Waals surface area contributed by atoms with Gasteiger partial charge in [0.25, 0.3) is 16.0 Å². The summed E-state index contributed by atoms with van der Waals surface area (Å²) in [5.74, 6) is -0.574. The van der Waals surface area contributed by atoms with E-state index in [1.807, 2.05) is 13.0 Å². The first-order valence-electron chi connectivity index (χ1n) is 7.12. The van der Waals surface area contributed by atoms with Gasteiger partial charge in [0.15, 0.2) is 0 Å². The smallest absolute Gasteiger partial charge is 0.294 e. The average Bonchev–Trinajstić information content (AvgIpc) is 2.55. The number of hydrogen-bond donors (Lipinski definition) is 3. The van der Waals surface area contributed by atoms with Crippen molar-refractivity contribution in [3.63, 3.8) is 0 Å². The molecule has 0 atom stereocenters. The topological polar surface area (TPSA) is 119 Å². The van der Waals surface area contributed by atoms with Gasteiger partial charge >= 0.3 is 0 Å². The molecule has 0 aromatic heterocycles. The lowest BCUT2D eigenvalue weighted by atomic mass is 10.2. The third-order valence-corrected chi connectivity index (χ3v) is 4.04. The lowest BCUT2D eigenvalue weighted by Gasteiger charge is -2.06. The summed E-state index contributed by atoms with van der Waals surface area (Å²) in [5, 5.41) is 14.5. The van der Waals surface area contributed by atoms with Gasteiger partial charge in [0.2, 0.25) is 0 Å². The van der Waals surface area contributed by atoms with E-state index in [0.717, 1.165) is 5.56 Å². The van der Waals surface area contributed by atoms with Crippen LogP contribution in [0.25, 0.3) is 0 Å². The van der Waals surface area contributed by atoms with Crippen LogP contribution < -0.4 is 10.6 Å². The summed E-state index contributed by atoms with van der Waals surface area (Å²) in [6.07, 6.45) is 1.22. The van der Waals surface area contributed by atoms with Gasteiger partial charge in [-0.05, 0) is 48.9 Å². The summed E-state index contributed by atoms with van der Waals surface area (Å²) >= 11 is 0. The number of anilines is 2. The van der Waals surface area contributed by atoms with Crippen LogP contribution in [0.4, 0.5) is 11.4 Å². The molecule has 2 rings (SSSR count). The van der Waals surface area contributed by atoms with Crippen LogP contribution in [-0.4, -0.2) is 18.9 Å². The molecule has 3 N–H and O–H groups in total. The summed E-state index contributed by atoms with van der Waals surface area (Å²) in [5.41, 5.74) is 1.84. The Balaban J connectivity index is 2.09. The molecular weight excluding hydrogens is 342 g/mol. The molecule has 128 valence electrons. The number of carbonyl (C=O) groups excluding carboxylic acids is 1. The Hall–Kier alpha value is -3.15. The standard InChI is InChI=1S/C17H15N3O4S/c1-12-3-2-4-15(9-12)20-17(21)13(10-18)11-19-14-5-7-16(8-6-14)25(22,23)24/h2-9,11,19H,1H3,(H,20,21)(H,22,23,24)/b13-11-. The molecule has 0 aliphatic heterocycles. The Morgan fingerprint density at radius 1 is 1.16 bits per heavy atom. The van der Waals surface area contributed by atoms with E-state index in [-0.39, 0.29) is 10.5 Å². The molecule has 0 aliphatic rings. The minimum atomic E-state index is -4.27. The second-order valence-corrected chi connectivity index (χ2v) is 6.56. The fourth-order valence-electron chi connectivity index (χ4n) is 1.95. The van der Waals surface area contributed by atoms with Crippen LogP contribution in [0.5, 0.6) is 0 Å². The number of benzene rings is 2. The van der Waals surface area contributed by atoms with Gasteiger partial charge in [-0.25, -0.2) is 0 Å². The zero-order valence-electron chi connectivity index (χ0n) is 13.2. The van der Waals surface area contributed by atoms with E-state index in [9.17, 15) is 13.2 Å². The molecule has 0 aliphatic carbocycles. The van der Waals surface area contributed by atoms with Gasteiger partial charge in [0.1, 0.15) is 11.6 Å². The SMILES string of the molecule is Cc1cccc(NC(=O)/C(C#N)=C\Nc2ccc(S(=O)(=O)O)cc2)c1. The maximum Gasteiger partial charge on any atom is 0.294 e. The molecule has 0 fully saturated rings. The largest absolute Gasteiger partial charge is 0.360 e. The van der Waals surface area contributed by atoms with Crippen LogP contribution in [0.2, 0.25) is 0 Å². The van der Waals surface area contributed by atoms with Crippen molar-refractivity contribution in [3.05, 3.63) is 65.9 Å². The van der Waals surface area contributed by atoms with Gasteiger partial charge in [-0.3, -0.25) is 9.35 Å². The minimum Gasteiger partial charge on any atom is -0.360 e. The minimum absolute atomic E-state index is 0.152. The molecule has 2 aromatic carbocycles. The van der Waals surface area contributed by atoms with E-state index in [4.69, 9.17) is 9.81 Å². The molecule has 1 amide bonds. The molecule has 0 saturated carbocycles. The first kappa shape index (κ1) is 18.2. The van der Waals surface area contributed by atoms with Crippen molar-refractivity contribution in [2.24, 2.45) is 0 Å². The molecule has 0 spiro atoms. The van der Waals surface area contributed by atoms with Gasteiger partial charge in [-0.1, -0.05) is 12.1 Å². The zero-order valence-corrected chi connectivity index (χ0v) is 14.0. The van der Waals surface area contributed by atoms with E-state index in [1.165, 1.54) is 30.5 Å². The van der Waals surface area contributed by atoms with E-state index in [2.05, 4.69) is 10.6 Å². The highest BCUT2D eigenvalue weighted by atomic mass is 32.2. The molecule has 0 bridgehead atoms. The summed E-state index contributed by atoms with van der Waals surface area (Å²) in [6, 6.07) is 14.1. The fraction of sp³-hybridized carbons (Fsp3) is 0.0588. The number of nitriles is 1. The number of carbonyl (C=O) groups is 1. The molecule has 0 heterocycles. The second-order valence-electron chi connectivity index (χ2n) is 5.14. The number of nitrogens with zero attached hydrogens (tertiary/aromatic N) is 1. The highest BCUT2D eigenvalue weighted by Gasteiger charge is 2.10. The summed E-state index contributed by atoms with van der Waals surface area (Å²) in [7, 11) is -4.27. The molecule has 7 nitrogen and oxygen atoms in total. The van der Waals surface area contributed by atoms with Crippen LogP contribution >= 0.6 is 0 Å². The van der Waals surface area contributed by atoms with Crippen LogP contribution in [0.15, 0.2) is 65.2 Å². The number of rotatable bonds is 5. The summed E-state index contributed by atoms with van der Waals surface area (Å²) < 4.78 is 30.9. The Morgan fingerprint density at radius 3 is 2.40 bits per heavy atom. The van der Waals surface area contributed by atoms with Crippen LogP contribution in [0.1, 0.15) is 5.56 Å². The van der Waals surface area contributed by atoms with Gasteiger partial charge < -0.3 is 10.6 Å². The van der Waals surface area contributed by atoms with Crippen LogP contribution in [0, 0.1) is 18.3 Å². The van der Waals surface area contributed by atoms with Crippen molar-refractivity contribution in [1.29, 1.82) is 5.26 Å². The van der Waals surface area contributed by atoms with Crippen LogP contribution in [0.3, 0.4) is 0 Å². The van der Waals surface area contributed by atoms with E-state index >= 15 is 0 Å². The monoisotopic (exact) mass is 357 g/mol. The van der Waals surface area contributed by atoms with Gasteiger partial charge in [-0.15, -0.1) is 0 Å². The average molecular weight is 357 g/mol. The Kier molecular flexibility index (Phi) is 5.54. The van der Waals surface area contributed by atoms with Crippen molar-refractivity contribution >= 4 is 27.4 Å². The molecule has 0 unspecified atom stereocenters. The van der Waals surface area contributed by atoms with Crippen molar-refractivity contribution in [1.82, 2.24) is 0 Å². The Bertz CT molecular complexity index is 958. The number of aryl methyl sites for hydroxylation is 1. The first-order valence-corrected chi connectivity index (χ1v) is 8.56. The Labute approximate surface area is 145 Å². The van der Waals surface area contributed by atoms with Gasteiger partial charge in [0.05, 0.1) is 4.90 Å². The molecule has 0 radical (unpaired) electrons. The molecule has 0 saturated heterocycles. The molecule has 8 heteroatoms. The van der Waals surface area contributed by atoms with Crippen molar-refractivity contribution < 1.29 is 17.8 Å². The lowest BCUT2D eigenvalue weighted by Crippen LogP contribution is -2.14. The lowest BCUT2D eigenvalue weighted by molar-refractivity contribution is -0.112. The van der Waals surface area contributed by atoms with E-state index in [0.29, 0.717) is 11.4 Å². The maximum absolute atomic E-state index is 12.1. The van der Waals surface area contributed by atoms with Crippen LogP contribution in [-0.2, 0) is 14.9 Å². The van der Waals surface area contributed by atoms with E-state index < -0.39 is 16.0 Å². The number of amides is 1. The highest BCUT2D eigenvalue weighted by Crippen LogP contribution is 2.15. The normalized spacial score (nSPS) is 11.5. The predicted molar refractivity (Wildman–Crippen MR) is 93.4 cm³/mol. The first-order chi connectivity index (χ1) is 11.8. The van der Waals surface area contributed by atoms with Gasteiger partial charge in [0, 0.05) is 17.6 Å². The Morgan fingerprint density at radius 2 is 1.84 bits per heavy atom. The molecule has 2 aromatic rings. The highest BCUT2D eigenvalue weighted by molar-refractivity contribution is 7.85. The summed E-state index contributed by atoms with van der Waals surface area (Å²) in [6.45, 7) is 1.88. The van der Waals surface area contributed by atoms with Crippen molar-refractivity contribution in [2.75, 3.05) is 10.6 Å². The summed E-state index contributed by atoms with van der Waals surface area (Å²) in [4.78, 5) is 11.9. The maximum atomic E-state index is 12.1. The number of nitrogens with one attached hydrogen (secondary N) is 2. The quantitative estimate of drug-likeness (QED) is 0.430. The van der Waals surface area contributed by atoms with E-state index in [1.54, 1.807) is 24.3 Å². The van der Waals surface area contributed by atoms with Crippen molar-refractivity contribution in [3.8, 4) is 6.07 Å². The van der Waals surface area contributed by atoms with Crippen molar-refractivity contribution in [2.45, 2.75) is 11.8 Å². The second kappa shape index (κ2) is 7.61. The third kappa shape index (κ3) is 5.17.